The van der Waals surface area contributed by atoms with Crippen molar-refractivity contribution in [3.8, 4) is 11.3 Å². The Balaban J connectivity index is 2.29. The van der Waals surface area contributed by atoms with Crippen molar-refractivity contribution in [3.05, 3.63) is 53.2 Å². The molecule has 1 aromatic carbocycles. The van der Waals surface area contributed by atoms with Gasteiger partial charge in [-0.25, -0.2) is 15.0 Å². The molecule has 2 aromatic heterocycles. The van der Waals surface area contributed by atoms with Crippen molar-refractivity contribution in [2.75, 3.05) is 0 Å². The highest BCUT2D eigenvalue weighted by atomic mass is 16.1. The third-order valence-electron chi connectivity index (χ3n) is 2.70. The van der Waals surface area contributed by atoms with E-state index >= 15 is 0 Å². The summed E-state index contributed by atoms with van der Waals surface area (Å²) in [7, 11) is 1.64. The van der Waals surface area contributed by atoms with Crippen LogP contribution >= 0.6 is 0 Å². The van der Waals surface area contributed by atoms with Crippen molar-refractivity contribution < 1.29 is 0 Å². The normalized spacial score (nSPS) is 10.7. The van der Waals surface area contributed by atoms with E-state index in [2.05, 4.69) is 15.0 Å². The van der Waals surface area contributed by atoms with E-state index < -0.39 is 0 Å². The van der Waals surface area contributed by atoms with Crippen LogP contribution in [-0.2, 0) is 7.05 Å². The van der Waals surface area contributed by atoms with E-state index in [-0.39, 0.29) is 5.56 Å². The molecule has 88 valence electrons. The molecule has 0 aliphatic carbocycles. The Kier molecular flexibility index (Phi) is 2.37. The van der Waals surface area contributed by atoms with Gasteiger partial charge in [0.2, 0.25) is 0 Å². The van der Waals surface area contributed by atoms with Crippen molar-refractivity contribution in [2.45, 2.75) is 0 Å². The minimum Gasteiger partial charge on any atom is -0.300 e. The molecule has 0 radical (unpaired) electrons. The molecule has 0 atom stereocenters. The smallest absolute Gasteiger partial charge is 0.281 e. The van der Waals surface area contributed by atoms with Crippen molar-refractivity contribution >= 4 is 11.2 Å². The maximum absolute atomic E-state index is 11.9. The summed E-state index contributed by atoms with van der Waals surface area (Å²) < 4.78 is 1.39. The lowest BCUT2D eigenvalue weighted by atomic mass is 10.2. The van der Waals surface area contributed by atoms with Gasteiger partial charge in [-0.15, -0.1) is 0 Å². The minimum atomic E-state index is -0.190. The summed E-state index contributed by atoms with van der Waals surface area (Å²) in [5.41, 5.74) is 2.08. The number of fused-ring (bicyclic) bond motifs is 1. The van der Waals surface area contributed by atoms with Crippen molar-refractivity contribution in [3.63, 3.8) is 0 Å². The van der Waals surface area contributed by atoms with E-state index in [1.165, 1.54) is 10.9 Å². The SMILES string of the molecule is Cn1cnc2ncc(-c3ccccc3)nc2c1=O. The van der Waals surface area contributed by atoms with Gasteiger partial charge in [-0.2, -0.15) is 0 Å². The molecule has 5 nitrogen and oxygen atoms in total. The van der Waals surface area contributed by atoms with Crippen molar-refractivity contribution in [2.24, 2.45) is 7.05 Å². The molecule has 0 N–H and O–H groups in total. The minimum absolute atomic E-state index is 0.190. The fourth-order valence-electron chi connectivity index (χ4n) is 1.73. The van der Waals surface area contributed by atoms with Gasteiger partial charge in [0.1, 0.15) is 0 Å². The lowest BCUT2D eigenvalue weighted by Crippen LogP contribution is -2.18. The van der Waals surface area contributed by atoms with Crippen LogP contribution in [0.4, 0.5) is 0 Å². The molecule has 0 unspecified atom stereocenters. The lowest BCUT2D eigenvalue weighted by Gasteiger charge is -2.02. The molecule has 3 aromatic rings. The van der Waals surface area contributed by atoms with Crippen LogP contribution < -0.4 is 5.56 Å². The fraction of sp³-hybridized carbons (Fsp3) is 0.0769. The Hall–Kier alpha value is -2.56. The van der Waals surface area contributed by atoms with Gasteiger partial charge in [-0.3, -0.25) is 4.79 Å². The molecule has 0 saturated carbocycles. The molecule has 0 saturated heterocycles. The fourth-order valence-corrected chi connectivity index (χ4v) is 1.73. The molecule has 0 fully saturated rings. The highest BCUT2D eigenvalue weighted by Gasteiger charge is 2.07. The Morgan fingerprint density at radius 2 is 1.89 bits per heavy atom. The highest BCUT2D eigenvalue weighted by Crippen LogP contribution is 2.16. The van der Waals surface area contributed by atoms with Crippen LogP contribution in [0, 0.1) is 0 Å². The number of aryl methyl sites for hydroxylation is 1. The van der Waals surface area contributed by atoms with Crippen LogP contribution in [0.1, 0.15) is 0 Å². The van der Waals surface area contributed by atoms with Crippen molar-refractivity contribution in [1.82, 2.24) is 19.5 Å². The number of aromatic nitrogens is 4. The second-order valence-corrected chi connectivity index (χ2v) is 3.95. The number of hydrogen-bond donors (Lipinski definition) is 0. The zero-order valence-corrected chi connectivity index (χ0v) is 9.74. The standard InChI is InChI=1S/C13H10N4O/c1-17-8-15-12-11(13(17)18)16-10(7-14-12)9-5-3-2-4-6-9/h2-8H,1H3. The maximum Gasteiger partial charge on any atom is 0.281 e. The summed E-state index contributed by atoms with van der Waals surface area (Å²) in [4.78, 5) is 24.5. The van der Waals surface area contributed by atoms with Gasteiger partial charge < -0.3 is 4.57 Å². The molecular weight excluding hydrogens is 228 g/mol. The number of nitrogens with zero attached hydrogens (tertiary/aromatic N) is 4. The van der Waals surface area contributed by atoms with Gasteiger partial charge in [-0.1, -0.05) is 30.3 Å². The van der Waals surface area contributed by atoms with E-state index in [1.807, 2.05) is 30.3 Å². The van der Waals surface area contributed by atoms with Crippen LogP contribution in [0.25, 0.3) is 22.4 Å². The number of benzene rings is 1. The highest BCUT2D eigenvalue weighted by molar-refractivity contribution is 5.72. The van der Waals surface area contributed by atoms with E-state index in [0.717, 1.165) is 5.56 Å². The monoisotopic (exact) mass is 238 g/mol. The first-order valence-electron chi connectivity index (χ1n) is 5.49. The second-order valence-electron chi connectivity index (χ2n) is 3.95. The van der Waals surface area contributed by atoms with Gasteiger partial charge >= 0.3 is 0 Å². The average molecular weight is 238 g/mol. The van der Waals surface area contributed by atoms with Crippen LogP contribution in [0.2, 0.25) is 0 Å². The average Bonchev–Trinajstić information content (AvgIpc) is 2.44. The topological polar surface area (TPSA) is 60.7 Å². The van der Waals surface area contributed by atoms with E-state index in [4.69, 9.17) is 0 Å². The van der Waals surface area contributed by atoms with E-state index in [0.29, 0.717) is 16.9 Å². The first-order chi connectivity index (χ1) is 8.75. The molecule has 0 spiro atoms. The molecule has 0 aliphatic rings. The Bertz CT molecular complexity index is 765. The quantitative estimate of drug-likeness (QED) is 0.642. The third-order valence-corrected chi connectivity index (χ3v) is 2.70. The first kappa shape index (κ1) is 10.6. The summed E-state index contributed by atoms with van der Waals surface area (Å²) in [5.74, 6) is 0. The number of hydrogen-bond acceptors (Lipinski definition) is 4. The Morgan fingerprint density at radius 3 is 2.67 bits per heavy atom. The van der Waals surface area contributed by atoms with E-state index in [9.17, 15) is 4.79 Å². The molecule has 0 aliphatic heterocycles. The van der Waals surface area contributed by atoms with Gasteiger partial charge in [0.15, 0.2) is 11.2 Å². The molecule has 2 heterocycles. The Labute approximate surface area is 103 Å². The lowest BCUT2D eigenvalue weighted by molar-refractivity contribution is 0.835. The third kappa shape index (κ3) is 1.66. The predicted octanol–water partition coefficient (Wildman–Crippen LogP) is 1.39. The van der Waals surface area contributed by atoms with Gasteiger partial charge in [0.05, 0.1) is 18.2 Å². The Morgan fingerprint density at radius 1 is 1.11 bits per heavy atom. The number of rotatable bonds is 1. The predicted molar refractivity (Wildman–Crippen MR) is 68.0 cm³/mol. The van der Waals surface area contributed by atoms with Gasteiger partial charge in [-0.05, 0) is 0 Å². The largest absolute Gasteiger partial charge is 0.300 e. The molecule has 18 heavy (non-hydrogen) atoms. The first-order valence-corrected chi connectivity index (χ1v) is 5.49. The summed E-state index contributed by atoms with van der Waals surface area (Å²) in [6.07, 6.45) is 3.08. The van der Waals surface area contributed by atoms with Crippen LogP contribution in [0.5, 0.6) is 0 Å². The van der Waals surface area contributed by atoms with Gasteiger partial charge in [0.25, 0.3) is 5.56 Å². The van der Waals surface area contributed by atoms with Gasteiger partial charge in [0, 0.05) is 12.6 Å². The second kappa shape index (κ2) is 4.03. The zero-order chi connectivity index (χ0) is 12.5. The summed E-state index contributed by atoms with van der Waals surface area (Å²) >= 11 is 0. The maximum atomic E-state index is 11.9. The van der Waals surface area contributed by atoms with Crippen molar-refractivity contribution in [1.29, 1.82) is 0 Å². The molecule has 3 rings (SSSR count). The molecule has 5 heteroatoms. The summed E-state index contributed by atoms with van der Waals surface area (Å²) in [6, 6.07) is 9.62. The molecule has 0 amide bonds. The van der Waals surface area contributed by atoms with E-state index in [1.54, 1.807) is 13.2 Å². The summed E-state index contributed by atoms with van der Waals surface area (Å²) in [5, 5.41) is 0. The van der Waals surface area contributed by atoms with Crippen LogP contribution in [0.15, 0.2) is 47.7 Å². The molecular formula is C13H10N4O. The summed E-state index contributed by atoms with van der Waals surface area (Å²) in [6.45, 7) is 0. The van der Waals surface area contributed by atoms with Crippen LogP contribution in [0.3, 0.4) is 0 Å². The van der Waals surface area contributed by atoms with Crippen LogP contribution in [-0.4, -0.2) is 19.5 Å². The zero-order valence-electron chi connectivity index (χ0n) is 9.74. The molecule has 0 bridgehead atoms.